The first kappa shape index (κ1) is 52.9. The molecular weight excluding hydrogens is 697 g/mol. The number of esters is 3. The van der Waals surface area contributed by atoms with Gasteiger partial charge in [-0.05, 0) is 103 Å². The smallest absolute Gasteiger partial charge is 0.306 e. The molecule has 0 N–H and O–H groups in total. The summed E-state index contributed by atoms with van der Waals surface area (Å²) >= 11 is 0. The maximum absolute atomic E-state index is 12.7. The van der Waals surface area contributed by atoms with Gasteiger partial charge in [0.05, 0.1) is 0 Å². The number of ether oxygens (including phenoxy) is 3. The van der Waals surface area contributed by atoms with Gasteiger partial charge in [0.1, 0.15) is 13.2 Å². The molecule has 1 unspecified atom stereocenters. The van der Waals surface area contributed by atoms with Crippen LogP contribution in [0.2, 0.25) is 0 Å². The van der Waals surface area contributed by atoms with Crippen LogP contribution in [0, 0.1) is 0 Å². The zero-order chi connectivity index (χ0) is 40.8. The van der Waals surface area contributed by atoms with Crippen molar-refractivity contribution in [1.29, 1.82) is 0 Å². The van der Waals surface area contributed by atoms with Gasteiger partial charge in [-0.3, -0.25) is 14.4 Å². The summed E-state index contributed by atoms with van der Waals surface area (Å²) < 4.78 is 16.7. The summed E-state index contributed by atoms with van der Waals surface area (Å²) in [6.07, 6.45) is 54.5. The molecule has 1 atom stereocenters. The Labute approximate surface area is 344 Å². The van der Waals surface area contributed by atoms with Crippen LogP contribution in [0.15, 0.2) is 72.9 Å². The lowest BCUT2D eigenvalue weighted by molar-refractivity contribution is -0.167. The zero-order valence-electron chi connectivity index (χ0n) is 36.4. The van der Waals surface area contributed by atoms with Crippen molar-refractivity contribution >= 4 is 17.9 Å². The molecule has 0 rings (SSSR count). The van der Waals surface area contributed by atoms with E-state index in [1.54, 1.807) is 0 Å². The van der Waals surface area contributed by atoms with Gasteiger partial charge in [-0.1, -0.05) is 158 Å². The van der Waals surface area contributed by atoms with Crippen molar-refractivity contribution in [3.63, 3.8) is 0 Å². The molecule has 56 heavy (non-hydrogen) atoms. The fourth-order valence-electron chi connectivity index (χ4n) is 5.94. The second-order valence-corrected chi connectivity index (χ2v) is 14.9. The Morgan fingerprint density at radius 2 is 0.714 bits per heavy atom. The molecular formula is C50H84O6. The largest absolute Gasteiger partial charge is 0.462 e. The average molecular weight is 781 g/mol. The van der Waals surface area contributed by atoms with E-state index in [9.17, 15) is 14.4 Å². The highest BCUT2D eigenvalue weighted by atomic mass is 16.6. The number of carbonyl (C=O) groups excluding carboxylic acids is 3. The van der Waals surface area contributed by atoms with Gasteiger partial charge in [-0.2, -0.15) is 0 Å². The predicted octanol–water partition coefficient (Wildman–Crippen LogP) is 14.7. The lowest BCUT2D eigenvalue weighted by Crippen LogP contribution is -2.30. The molecule has 0 heterocycles. The van der Waals surface area contributed by atoms with Gasteiger partial charge in [0, 0.05) is 19.3 Å². The van der Waals surface area contributed by atoms with E-state index >= 15 is 0 Å². The molecule has 0 fully saturated rings. The molecule has 0 aromatic heterocycles. The first-order chi connectivity index (χ1) is 27.5. The number of allylic oxidation sites excluding steroid dienone is 12. The van der Waals surface area contributed by atoms with Crippen LogP contribution in [0.25, 0.3) is 0 Å². The fourth-order valence-corrected chi connectivity index (χ4v) is 5.94. The summed E-state index contributed by atoms with van der Waals surface area (Å²) in [5.74, 6) is -0.956. The maximum atomic E-state index is 12.7. The van der Waals surface area contributed by atoms with Gasteiger partial charge < -0.3 is 14.2 Å². The summed E-state index contributed by atoms with van der Waals surface area (Å²) in [5, 5.41) is 0. The zero-order valence-corrected chi connectivity index (χ0v) is 36.4. The van der Waals surface area contributed by atoms with Crippen molar-refractivity contribution < 1.29 is 28.6 Å². The molecule has 0 aliphatic carbocycles. The minimum Gasteiger partial charge on any atom is -0.462 e. The molecule has 6 heteroatoms. The van der Waals surface area contributed by atoms with Crippen LogP contribution in [-0.2, 0) is 28.6 Å². The van der Waals surface area contributed by atoms with E-state index in [1.165, 1.54) is 44.9 Å². The first-order valence-corrected chi connectivity index (χ1v) is 22.9. The number of hydrogen-bond donors (Lipinski definition) is 0. The van der Waals surface area contributed by atoms with E-state index < -0.39 is 6.10 Å². The third-order valence-electron chi connectivity index (χ3n) is 9.41. The van der Waals surface area contributed by atoms with Crippen molar-refractivity contribution in [2.75, 3.05) is 13.2 Å². The quantitative estimate of drug-likeness (QED) is 0.0267. The minimum atomic E-state index is -0.794. The van der Waals surface area contributed by atoms with E-state index in [-0.39, 0.29) is 31.1 Å². The number of rotatable bonds is 40. The predicted molar refractivity (Wildman–Crippen MR) is 238 cm³/mol. The Morgan fingerprint density at radius 1 is 0.375 bits per heavy atom. The SMILES string of the molecule is CC/C=C\C/C=C\C/C=C\C/C=C\CCCCCC(=O)OCC(COC(=O)CCCCCC/C=C\CCCC)OC(=O)CCCCCCC/C=C\CCCCC. The Hall–Kier alpha value is -3.15. The number of unbranched alkanes of at least 4 members (excludes halogenated alkanes) is 17. The second kappa shape index (κ2) is 44.6. The summed E-state index contributed by atoms with van der Waals surface area (Å²) in [5.41, 5.74) is 0. The monoisotopic (exact) mass is 781 g/mol. The first-order valence-electron chi connectivity index (χ1n) is 22.9. The van der Waals surface area contributed by atoms with Crippen molar-refractivity contribution in [3.8, 4) is 0 Å². The third kappa shape index (κ3) is 42.0. The maximum Gasteiger partial charge on any atom is 0.306 e. The molecule has 0 aromatic rings. The highest BCUT2D eigenvalue weighted by molar-refractivity contribution is 5.71. The topological polar surface area (TPSA) is 78.9 Å². The summed E-state index contributed by atoms with van der Waals surface area (Å²) in [6.45, 7) is 6.39. The van der Waals surface area contributed by atoms with Gasteiger partial charge in [0.2, 0.25) is 0 Å². The van der Waals surface area contributed by atoms with Crippen molar-refractivity contribution in [3.05, 3.63) is 72.9 Å². The molecule has 0 spiro atoms. The van der Waals surface area contributed by atoms with Crippen LogP contribution in [0.4, 0.5) is 0 Å². The molecule has 0 saturated heterocycles. The standard InChI is InChI=1S/C50H84O6/c1-4-7-10-13-16-19-22-24-25-26-27-29-31-34-37-40-43-49(52)55-46-47(45-54-48(51)42-39-36-33-30-21-18-15-12-9-6-3)56-50(53)44-41-38-35-32-28-23-20-17-14-11-8-5-2/h7,10,15-20,24-25,27,29,47H,4-6,8-9,11-14,21-23,26,28,30-46H2,1-3H3/b10-7-,18-15-,19-16-,20-17-,25-24-,29-27-. The molecule has 6 nitrogen and oxygen atoms in total. The van der Waals surface area contributed by atoms with Gasteiger partial charge in [0.15, 0.2) is 6.10 Å². The highest BCUT2D eigenvalue weighted by Gasteiger charge is 2.19. The molecule has 0 bridgehead atoms. The lowest BCUT2D eigenvalue weighted by Gasteiger charge is -2.18. The Kier molecular flexibility index (Phi) is 42.1. The molecule has 0 aliphatic rings. The molecule has 0 amide bonds. The van der Waals surface area contributed by atoms with Gasteiger partial charge in [-0.15, -0.1) is 0 Å². The summed E-state index contributed by atoms with van der Waals surface area (Å²) in [7, 11) is 0. The molecule has 320 valence electrons. The highest BCUT2D eigenvalue weighted by Crippen LogP contribution is 2.12. The normalized spacial score (nSPS) is 12.7. The Morgan fingerprint density at radius 3 is 1.18 bits per heavy atom. The van der Waals surface area contributed by atoms with Crippen LogP contribution in [0.1, 0.15) is 207 Å². The minimum absolute atomic E-state index is 0.0960. The fraction of sp³-hybridized carbons (Fsp3) is 0.700. The van der Waals surface area contributed by atoms with Gasteiger partial charge in [-0.25, -0.2) is 0 Å². The number of carbonyl (C=O) groups is 3. The van der Waals surface area contributed by atoms with E-state index in [1.807, 2.05) is 0 Å². The van der Waals surface area contributed by atoms with Crippen LogP contribution in [-0.4, -0.2) is 37.2 Å². The van der Waals surface area contributed by atoms with Crippen LogP contribution >= 0.6 is 0 Å². The van der Waals surface area contributed by atoms with Gasteiger partial charge >= 0.3 is 17.9 Å². The van der Waals surface area contributed by atoms with Crippen LogP contribution in [0.3, 0.4) is 0 Å². The van der Waals surface area contributed by atoms with Gasteiger partial charge in [0.25, 0.3) is 0 Å². The van der Waals surface area contributed by atoms with Crippen molar-refractivity contribution in [2.45, 2.75) is 213 Å². The second-order valence-electron chi connectivity index (χ2n) is 14.9. The summed E-state index contributed by atoms with van der Waals surface area (Å²) in [4.78, 5) is 37.7. The number of hydrogen-bond acceptors (Lipinski definition) is 6. The van der Waals surface area contributed by atoms with E-state index in [2.05, 4.69) is 93.7 Å². The van der Waals surface area contributed by atoms with Crippen LogP contribution in [0.5, 0.6) is 0 Å². The lowest BCUT2D eigenvalue weighted by atomic mass is 10.1. The molecule has 0 aromatic carbocycles. The van der Waals surface area contributed by atoms with E-state index in [0.29, 0.717) is 19.3 Å². The Bertz CT molecular complexity index is 1080. The van der Waals surface area contributed by atoms with Crippen molar-refractivity contribution in [2.24, 2.45) is 0 Å². The molecule has 0 aliphatic heterocycles. The summed E-state index contributed by atoms with van der Waals surface area (Å²) in [6, 6.07) is 0. The van der Waals surface area contributed by atoms with E-state index in [0.717, 1.165) is 122 Å². The molecule has 0 radical (unpaired) electrons. The Balaban J connectivity index is 4.45. The van der Waals surface area contributed by atoms with Crippen LogP contribution < -0.4 is 0 Å². The average Bonchev–Trinajstić information content (AvgIpc) is 3.19. The molecule has 0 saturated carbocycles. The third-order valence-corrected chi connectivity index (χ3v) is 9.41. The van der Waals surface area contributed by atoms with Crippen molar-refractivity contribution in [1.82, 2.24) is 0 Å². The van der Waals surface area contributed by atoms with E-state index in [4.69, 9.17) is 14.2 Å².